The lowest BCUT2D eigenvalue weighted by Gasteiger charge is -2.39. The second kappa shape index (κ2) is 11.6. The zero-order chi connectivity index (χ0) is 26.6. The molecule has 38 heavy (non-hydrogen) atoms. The highest BCUT2D eigenvalue weighted by molar-refractivity contribution is 7.98. The molecular formula is C32H35NO4S. The highest BCUT2D eigenvalue weighted by Crippen LogP contribution is 2.38. The highest BCUT2D eigenvalue weighted by atomic mass is 32.2. The van der Waals surface area contributed by atoms with E-state index in [4.69, 9.17) is 9.47 Å². The summed E-state index contributed by atoms with van der Waals surface area (Å²) >= 11 is 1.83. The maximum atomic E-state index is 13.5. The first-order chi connectivity index (χ1) is 18.4. The van der Waals surface area contributed by atoms with Gasteiger partial charge in [-0.2, -0.15) is 0 Å². The number of thioether (sulfide) groups is 1. The number of carbonyl (C=O) groups excluding carboxylic acids is 2. The Hall–Kier alpha value is -3.25. The van der Waals surface area contributed by atoms with E-state index in [0.29, 0.717) is 12.2 Å². The molecule has 5 nitrogen and oxygen atoms in total. The number of ether oxygens (including phenoxy) is 2. The monoisotopic (exact) mass is 529 g/mol. The lowest BCUT2D eigenvalue weighted by atomic mass is 9.98. The second-order valence-corrected chi connectivity index (χ2v) is 11.3. The summed E-state index contributed by atoms with van der Waals surface area (Å²) in [6, 6.07) is 22.2. The Labute approximate surface area is 229 Å². The molecule has 2 aliphatic heterocycles. The molecule has 1 amide bonds. The number of benzene rings is 3. The molecule has 0 N–H and O–H groups in total. The van der Waals surface area contributed by atoms with E-state index in [1.54, 1.807) is 19.1 Å². The van der Waals surface area contributed by atoms with Gasteiger partial charge in [-0.15, -0.1) is 11.8 Å². The van der Waals surface area contributed by atoms with Crippen LogP contribution in [0.5, 0.6) is 5.75 Å². The quantitative estimate of drug-likeness (QED) is 0.233. The first kappa shape index (κ1) is 26.4. The molecule has 2 saturated heterocycles. The van der Waals surface area contributed by atoms with Crippen molar-refractivity contribution in [3.05, 3.63) is 94.5 Å². The molecule has 2 heterocycles. The van der Waals surface area contributed by atoms with Crippen LogP contribution in [-0.2, 0) is 10.5 Å². The van der Waals surface area contributed by atoms with Gasteiger partial charge in [0.15, 0.2) is 0 Å². The summed E-state index contributed by atoms with van der Waals surface area (Å²) < 4.78 is 11.3. The third-order valence-corrected chi connectivity index (χ3v) is 8.76. The first-order valence-electron chi connectivity index (χ1n) is 13.5. The maximum Gasteiger partial charge on any atom is 0.338 e. The standard InChI is InChI=1S/C32H35NO4S/c1-4-36-32(35)25-10-14-28(15-11-25)37-29-18-26-12-13-27(19-29)33(26)31(34)24-8-6-23(7-9-24)20-38-30-16-5-21(2)17-22(30)3/h5-11,14-17,26-27,29H,4,12-13,18-20H2,1-3H3/t26-,27+,29?. The van der Waals surface area contributed by atoms with Crippen LogP contribution >= 0.6 is 11.8 Å². The van der Waals surface area contributed by atoms with Crippen LogP contribution in [0.1, 0.15) is 70.0 Å². The second-order valence-electron chi connectivity index (χ2n) is 10.3. The van der Waals surface area contributed by atoms with Crippen molar-refractivity contribution in [1.29, 1.82) is 0 Å². The molecular weight excluding hydrogens is 494 g/mol. The van der Waals surface area contributed by atoms with Crippen molar-refractivity contribution < 1.29 is 19.1 Å². The number of amides is 1. The van der Waals surface area contributed by atoms with Gasteiger partial charge in [0, 0.05) is 41.1 Å². The van der Waals surface area contributed by atoms with Gasteiger partial charge in [0.25, 0.3) is 5.91 Å². The number of carbonyl (C=O) groups is 2. The maximum absolute atomic E-state index is 13.5. The molecule has 2 aliphatic rings. The van der Waals surface area contributed by atoms with Crippen LogP contribution in [0.15, 0.2) is 71.6 Å². The van der Waals surface area contributed by atoms with Gasteiger partial charge in [-0.3, -0.25) is 4.79 Å². The van der Waals surface area contributed by atoms with Crippen molar-refractivity contribution in [3.8, 4) is 5.75 Å². The minimum absolute atomic E-state index is 0.0645. The molecule has 0 radical (unpaired) electrons. The molecule has 1 unspecified atom stereocenters. The lowest BCUT2D eigenvalue weighted by Crippen LogP contribution is -2.49. The van der Waals surface area contributed by atoms with Gasteiger partial charge < -0.3 is 14.4 Å². The summed E-state index contributed by atoms with van der Waals surface area (Å²) in [6.45, 7) is 6.42. The number of rotatable bonds is 8. The van der Waals surface area contributed by atoms with E-state index >= 15 is 0 Å². The molecule has 0 aliphatic carbocycles. The fourth-order valence-corrected chi connectivity index (χ4v) is 6.61. The van der Waals surface area contributed by atoms with E-state index in [-0.39, 0.29) is 30.1 Å². The Morgan fingerprint density at radius 3 is 2.18 bits per heavy atom. The van der Waals surface area contributed by atoms with Crippen molar-refractivity contribution in [2.75, 3.05) is 6.61 Å². The van der Waals surface area contributed by atoms with Gasteiger partial charge in [0.1, 0.15) is 11.9 Å². The Balaban J connectivity index is 1.17. The van der Waals surface area contributed by atoms with Crippen molar-refractivity contribution in [2.24, 2.45) is 0 Å². The Bertz CT molecular complexity index is 1270. The van der Waals surface area contributed by atoms with Crippen LogP contribution in [0.2, 0.25) is 0 Å². The van der Waals surface area contributed by atoms with E-state index in [1.165, 1.54) is 21.6 Å². The zero-order valence-electron chi connectivity index (χ0n) is 22.3. The Kier molecular flexibility index (Phi) is 8.08. The van der Waals surface area contributed by atoms with E-state index < -0.39 is 0 Å². The Morgan fingerprint density at radius 2 is 1.55 bits per heavy atom. The molecule has 198 valence electrons. The van der Waals surface area contributed by atoms with Crippen molar-refractivity contribution in [2.45, 2.75) is 75.3 Å². The molecule has 0 aromatic heterocycles. The Morgan fingerprint density at radius 1 is 0.895 bits per heavy atom. The number of hydrogen-bond acceptors (Lipinski definition) is 5. The van der Waals surface area contributed by atoms with Crippen LogP contribution in [0.3, 0.4) is 0 Å². The molecule has 2 fully saturated rings. The van der Waals surface area contributed by atoms with Gasteiger partial charge in [0.05, 0.1) is 12.2 Å². The van der Waals surface area contributed by atoms with Crippen LogP contribution < -0.4 is 4.74 Å². The smallest absolute Gasteiger partial charge is 0.338 e. The molecule has 6 heteroatoms. The highest BCUT2D eigenvalue weighted by Gasteiger charge is 2.44. The van der Waals surface area contributed by atoms with Crippen molar-refractivity contribution in [3.63, 3.8) is 0 Å². The van der Waals surface area contributed by atoms with Crippen LogP contribution in [0.4, 0.5) is 0 Å². The third-order valence-electron chi connectivity index (χ3n) is 7.52. The predicted molar refractivity (Wildman–Crippen MR) is 151 cm³/mol. The van der Waals surface area contributed by atoms with Gasteiger partial charge in [-0.05, 0) is 87.2 Å². The lowest BCUT2D eigenvalue weighted by molar-refractivity contribution is 0.0359. The van der Waals surface area contributed by atoms with Crippen LogP contribution in [0, 0.1) is 13.8 Å². The van der Waals surface area contributed by atoms with E-state index in [2.05, 4.69) is 49.1 Å². The van der Waals surface area contributed by atoms with Gasteiger partial charge in [-0.25, -0.2) is 4.79 Å². The minimum Gasteiger partial charge on any atom is -0.490 e. The SMILES string of the molecule is CCOC(=O)c1ccc(OC2C[C@H]3CC[C@@H](C2)N3C(=O)c2ccc(CSc3ccc(C)cc3C)cc2)cc1. The third kappa shape index (κ3) is 5.91. The molecule has 3 atom stereocenters. The molecule has 0 saturated carbocycles. The van der Waals surface area contributed by atoms with Crippen molar-refractivity contribution >= 4 is 23.6 Å². The summed E-state index contributed by atoms with van der Waals surface area (Å²) in [5.41, 5.74) is 5.09. The molecule has 3 aromatic carbocycles. The average molecular weight is 530 g/mol. The summed E-state index contributed by atoms with van der Waals surface area (Å²) in [5.74, 6) is 1.43. The summed E-state index contributed by atoms with van der Waals surface area (Å²) in [4.78, 5) is 28.8. The van der Waals surface area contributed by atoms with Gasteiger partial charge in [-0.1, -0.05) is 29.8 Å². The number of esters is 1. The molecule has 2 bridgehead atoms. The van der Waals surface area contributed by atoms with E-state index in [9.17, 15) is 9.59 Å². The number of nitrogens with zero attached hydrogens (tertiary/aromatic N) is 1. The van der Waals surface area contributed by atoms with Gasteiger partial charge >= 0.3 is 5.97 Å². The summed E-state index contributed by atoms with van der Waals surface area (Å²) in [6.07, 6.45) is 3.75. The van der Waals surface area contributed by atoms with E-state index in [0.717, 1.165) is 42.7 Å². The largest absolute Gasteiger partial charge is 0.490 e. The fraction of sp³-hybridized carbons (Fsp3) is 0.375. The normalized spacial score (nSPS) is 20.3. The molecule has 5 rings (SSSR count). The topological polar surface area (TPSA) is 55.8 Å². The molecule has 0 spiro atoms. The van der Waals surface area contributed by atoms with Crippen LogP contribution in [-0.4, -0.2) is 41.6 Å². The predicted octanol–water partition coefficient (Wildman–Crippen LogP) is 6.99. The summed E-state index contributed by atoms with van der Waals surface area (Å²) in [5, 5.41) is 0. The number of piperidine rings is 1. The average Bonchev–Trinajstić information content (AvgIpc) is 3.18. The minimum atomic E-state index is -0.322. The van der Waals surface area contributed by atoms with E-state index in [1.807, 2.05) is 36.0 Å². The van der Waals surface area contributed by atoms with Crippen LogP contribution in [0.25, 0.3) is 0 Å². The number of hydrogen-bond donors (Lipinski definition) is 0. The first-order valence-corrected chi connectivity index (χ1v) is 14.5. The number of aryl methyl sites for hydroxylation is 2. The zero-order valence-corrected chi connectivity index (χ0v) is 23.1. The van der Waals surface area contributed by atoms with Gasteiger partial charge in [0.2, 0.25) is 0 Å². The molecule has 3 aromatic rings. The number of fused-ring (bicyclic) bond motifs is 2. The summed E-state index contributed by atoms with van der Waals surface area (Å²) in [7, 11) is 0. The fourth-order valence-electron chi connectivity index (χ4n) is 5.65. The van der Waals surface area contributed by atoms with Crippen molar-refractivity contribution in [1.82, 2.24) is 4.90 Å².